The molecule has 1 atom stereocenters. The zero-order chi connectivity index (χ0) is 15.9. The lowest BCUT2D eigenvalue weighted by atomic mass is 9.74. The Bertz CT molecular complexity index is 739. The molecule has 0 amide bonds. The van der Waals surface area contributed by atoms with Crippen LogP contribution in [-0.4, -0.2) is 10.8 Å². The predicted molar refractivity (Wildman–Crippen MR) is 79.9 cm³/mol. The Labute approximate surface area is 129 Å². The van der Waals surface area contributed by atoms with E-state index in [0.717, 1.165) is 5.56 Å². The molecule has 112 valence electrons. The summed E-state index contributed by atoms with van der Waals surface area (Å²) in [5, 5.41) is 9.46. The van der Waals surface area contributed by atoms with Crippen molar-refractivity contribution in [2.24, 2.45) is 11.1 Å². The Kier molecular flexibility index (Phi) is 3.25. The molecule has 1 aromatic rings. The van der Waals surface area contributed by atoms with Gasteiger partial charge < -0.3 is 10.5 Å². The van der Waals surface area contributed by atoms with Crippen LogP contribution < -0.4 is 5.73 Å². The van der Waals surface area contributed by atoms with Crippen molar-refractivity contribution >= 4 is 5.78 Å². The van der Waals surface area contributed by atoms with E-state index in [-0.39, 0.29) is 22.5 Å². The van der Waals surface area contributed by atoms with Crippen LogP contribution in [0.4, 0.5) is 0 Å². The van der Waals surface area contributed by atoms with Crippen molar-refractivity contribution < 1.29 is 9.53 Å². The lowest BCUT2D eigenvalue weighted by Crippen LogP contribution is -2.33. The quantitative estimate of drug-likeness (QED) is 0.860. The second-order valence-corrected chi connectivity index (χ2v) is 6.46. The number of hydrogen-bond acceptors (Lipinski definition) is 5. The summed E-state index contributed by atoms with van der Waals surface area (Å²) in [6.45, 7) is 4.05. The third-order valence-corrected chi connectivity index (χ3v) is 4.05. The van der Waals surface area contributed by atoms with Gasteiger partial charge in [0.25, 0.3) is 0 Å². The van der Waals surface area contributed by atoms with Gasteiger partial charge in [0.05, 0.1) is 16.8 Å². The second kappa shape index (κ2) is 4.99. The number of rotatable bonds is 1. The molecule has 3 rings (SSSR count). The van der Waals surface area contributed by atoms with E-state index in [9.17, 15) is 10.1 Å². The fourth-order valence-electron chi connectivity index (χ4n) is 3.03. The van der Waals surface area contributed by atoms with Crippen molar-refractivity contribution in [3.05, 3.63) is 52.7 Å². The summed E-state index contributed by atoms with van der Waals surface area (Å²) in [6, 6.07) is 5.68. The number of carbonyl (C=O) groups is 1. The number of hydrogen-bond donors (Lipinski definition) is 1. The van der Waals surface area contributed by atoms with Gasteiger partial charge in [-0.25, -0.2) is 0 Å². The molecule has 0 unspecified atom stereocenters. The number of nitrogens with zero attached hydrogens (tertiary/aromatic N) is 2. The number of carbonyl (C=O) groups excluding carboxylic acids is 1. The van der Waals surface area contributed by atoms with Crippen molar-refractivity contribution in [2.75, 3.05) is 0 Å². The molecule has 0 spiro atoms. The average Bonchev–Trinajstić information content (AvgIpc) is 2.46. The molecule has 1 aliphatic carbocycles. The Hall–Kier alpha value is -2.61. The Balaban J connectivity index is 2.11. The minimum absolute atomic E-state index is 0.0512. The van der Waals surface area contributed by atoms with Crippen molar-refractivity contribution in [1.82, 2.24) is 4.98 Å². The molecular formula is C17H17N3O2. The number of nitrogens with two attached hydrogens (primary N) is 1. The minimum Gasteiger partial charge on any atom is -0.484 e. The van der Waals surface area contributed by atoms with Crippen LogP contribution in [0.2, 0.25) is 0 Å². The summed E-state index contributed by atoms with van der Waals surface area (Å²) in [4.78, 5) is 16.4. The number of ether oxygens (including phenoxy) is 1. The predicted octanol–water partition coefficient (Wildman–Crippen LogP) is 2.53. The van der Waals surface area contributed by atoms with Gasteiger partial charge in [0.2, 0.25) is 0 Å². The van der Waals surface area contributed by atoms with Crippen LogP contribution in [0.3, 0.4) is 0 Å². The standard InChI is InChI=1S/C17H17N3O2/c1-17(2)7-12(21)14-13(8-17)22-16(11(9-18)15(14)19)10-3-5-20-6-4-10/h3-6,16H,7-8,19H2,1-2H3/t16-/m0/s1. The van der Waals surface area contributed by atoms with E-state index in [0.29, 0.717) is 24.2 Å². The summed E-state index contributed by atoms with van der Waals surface area (Å²) in [6.07, 6.45) is 3.75. The van der Waals surface area contributed by atoms with Gasteiger partial charge in [-0.2, -0.15) is 5.26 Å². The molecule has 0 saturated heterocycles. The van der Waals surface area contributed by atoms with Gasteiger partial charge in [-0.3, -0.25) is 9.78 Å². The number of aromatic nitrogens is 1. The van der Waals surface area contributed by atoms with Gasteiger partial charge in [0, 0.05) is 30.8 Å². The number of allylic oxidation sites excluding steroid dienone is 2. The van der Waals surface area contributed by atoms with E-state index >= 15 is 0 Å². The maximum absolute atomic E-state index is 12.4. The Morgan fingerprint density at radius 3 is 2.68 bits per heavy atom. The summed E-state index contributed by atoms with van der Waals surface area (Å²) < 4.78 is 6.03. The lowest BCUT2D eigenvalue weighted by molar-refractivity contribution is -0.118. The lowest BCUT2D eigenvalue weighted by Gasteiger charge is -2.37. The molecule has 5 heteroatoms. The van der Waals surface area contributed by atoms with Gasteiger partial charge in [-0.05, 0) is 17.5 Å². The molecule has 0 saturated carbocycles. The van der Waals surface area contributed by atoms with E-state index in [2.05, 4.69) is 11.1 Å². The van der Waals surface area contributed by atoms with Crippen LogP contribution >= 0.6 is 0 Å². The molecule has 1 aromatic heterocycles. The highest BCUT2D eigenvalue weighted by atomic mass is 16.5. The highest BCUT2D eigenvalue weighted by Crippen LogP contribution is 2.45. The average molecular weight is 295 g/mol. The summed E-state index contributed by atoms with van der Waals surface area (Å²) in [7, 11) is 0. The van der Waals surface area contributed by atoms with Crippen molar-refractivity contribution in [3.63, 3.8) is 0 Å². The Morgan fingerprint density at radius 2 is 2.05 bits per heavy atom. The van der Waals surface area contributed by atoms with E-state index in [1.807, 2.05) is 13.8 Å². The van der Waals surface area contributed by atoms with Crippen molar-refractivity contribution in [2.45, 2.75) is 32.8 Å². The zero-order valence-corrected chi connectivity index (χ0v) is 12.6. The molecule has 0 fully saturated rings. The molecule has 0 bridgehead atoms. The SMILES string of the molecule is CC1(C)CC(=O)C2=C(C1)O[C@@H](c1ccncc1)C(C#N)=C2N. The number of nitriles is 1. The van der Waals surface area contributed by atoms with Gasteiger partial charge in [-0.1, -0.05) is 13.8 Å². The first kappa shape index (κ1) is 14.3. The molecule has 0 aromatic carbocycles. The molecule has 2 N–H and O–H groups in total. The molecule has 22 heavy (non-hydrogen) atoms. The Morgan fingerprint density at radius 1 is 1.36 bits per heavy atom. The fourth-order valence-corrected chi connectivity index (χ4v) is 3.03. The molecule has 5 nitrogen and oxygen atoms in total. The van der Waals surface area contributed by atoms with Gasteiger partial charge in [0.1, 0.15) is 11.8 Å². The summed E-state index contributed by atoms with van der Waals surface area (Å²) >= 11 is 0. The first-order chi connectivity index (χ1) is 10.4. The highest BCUT2D eigenvalue weighted by molar-refractivity contribution is 6.01. The van der Waals surface area contributed by atoms with E-state index in [4.69, 9.17) is 10.5 Å². The van der Waals surface area contributed by atoms with Gasteiger partial charge >= 0.3 is 0 Å². The summed E-state index contributed by atoms with van der Waals surface area (Å²) in [5.41, 5.74) is 7.71. The largest absolute Gasteiger partial charge is 0.484 e. The first-order valence-electron chi connectivity index (χ1n) is 7.16. The topological polar surface area (TPSA) is 89.0 Å². The van der Waals surface area contributed by atoms with Gasteiger partial charge in [-0.15, -0.1) is 0 Å². The first-order valence-corrected chi connectivity index (χ1v) is 7.16. The maximum Gasteiger partial charge on any atom is 0.168 e. The molecular weight excluding hydrogens is 278 g/mol. The van der Waals surface area contributed by atoms with E-state index in [1.165, 1.54) is 0 Å². The third-order valence-electron chi connectivity index (χ3n) is 4.05. The molecule has 0 radical (unpaired) electrons. The normalized spacial score (nSPS) is 23.7. The fraction of sp³-hybridized carbons (Fsp3) is 0.353. The van der Waals surface area contributed by atoms with Crippen LogP contribution in [-0.2, 0) is 9.53 Å². The third kappa shape index (κ3) is 2.27. The minimum atomic E-state index is -0.576. The van der Waals surface area contributed by atoms with Crippen LogP contribution in [0.25, 0.3) is 0 Å². The second-order valence-electron chi connectivity index (χ2n) is 6.46. The highest BCUT2D eigenvalue weighted by Gasteiger charge is 2.40. The van der Waals surface area contributed by atoms with Crippen LogP contribution in [0.1, 0.15) is 38.4 Å². The number of Topliss-reactive ketones (excluding diaryl/α,β-unsaturated/α-hetero) is 1. The maximum atomic E-state index is 12.4. The summed E-state index contributed by atoms with van der Waals surface area (Å²) in [5.74, 6) is 0.546. The van der Waals surface area contributed by atoms with Gasteiger partial charge in [0.15, 0.2) is 11.9 Å². The van der Waals surface area contributed by atoms with Crippen molar-refractivity contribution in [3.8, 4) is 6.07 Å². The van der Waals surface area contributed by atoms with Crippen LogP contribution in [0, 0.1) is 16.7 Å². The molecule has 2 aliphatic rings. The molecule has 1 aliphatic heterocycles. The number of ketones is 1. The number of pyridine rings is 1. The monoisotopic (exact) mass is 295 g/mol. The van der Waals surface area contributed by atoms with Crippen molar-refractivity contribution in [1.29, 1.82) is 5.26 Å². The van der Waals surface area contributed by atoms with Crippen LogP contribution in [0.15, 0.2) is 47.1 Å². The van der Waals surface area contributed by atoms with Crippen LogP contribution in [0.5, 0.6) is 0 Å². The molecule has 2 heterocycles. The zero-order valence-electron chi connectivity index (χ0n) is 12.6. The smallest absolute Gasteiger partial charge is 0.168 e. The van der Waals surface area contributed by atoms with E-state index in [1.54, 1.807) is 24.5 Å². The van der Waals surface area contributed by atoms with E-state index < -0.39 is 6.10 Å².